The Morgan fingerprint density at radius 1 is 1.40 bits per heavy atom. The Labute approximate surface area is 94.0 Å². The minimum absolute atomic E-state index is 0.0277. The first-order valence-corrected chi connectivity index (χ1v) is 5.39. The fourth-order valence-electron chi connectivity index (χ4n) is 1.12. The van der Waals surface area contributed by atoms with Gasteiger partial charge in [-0.25, -0.2) is 0 Å². The summed E-state index contributed by atoms with van der Waals surface area (Å²) in [7, 11) is 0. The van der Waals surface area contributed by atoms with Gasteiger partial charge in [0.2, 0.25) is 5.91 Å². The van der Waals surface area contributed by atoms with E-state index in [2.05, 4.69) is 22.4 Å². The summed E-state index contributed by atoms with van der Waals surface area (Å²) in [6.07, 6.45) is 3.61. The fourth-order valence-corrected chi connectivity index (χ4v) is 1.22. The van der Waals surface area contributed by atoms with Crippen molar-refractivity contribution in [3.05, 3.63) is 17.3 Å². The second-order valence-electron chi connectivity index (χ2n) is 3.25. The molecule has 0 aromatic carbocycles. The molecule has 0 aliphatic heterocycles. The molecular weight excluding hydrogens is 214 g/mol. The first-order chi connectivity index (χ1) is 7.22. The summed E-state index contributed by atoms with van der Waals surface area (Å²) in [6, 6.07) is 3.23. The number of halogens is 1. The minimum Gasteiger partial charge on any atom is -0.309 e. The van der Waals surface area contributed by atoms with Crippen LogP contribution < -0.4 is 5.32 Å². The smallest absolute Gasteiger partial charge is 0.225 e. The van der Waals surface area contributed by atoms with Gasteiger partial charge in [-0.05, 0) is 18.6 Å². The van der Waals surface area contributed by atoms with Gasteiger partial charge in [-0.1, -0.05) is 31.4 Å². The van der Waals surface area contributed by atoms with Gasteiger partial charge in [0.25, 0.3) is 0 Å². The van der Waals surface area contributed by atoms with Crippen LogP contribution in [-0.4, -0.2) is 16.1 Å². The average Bonchev–Trinajstić information content (AvgIpc) is 2.22. The molecule has 0 aliphatic carbocycles. The molecule has 1 aromatic heterocycles. The lowest BCUT2D eigenvalue weighted by molar-refractivity contribution is -0.116. The molecule has 82 valence electrons. The molecule has 0 fully saturated rings. The topological polar surface area (TPSA) is 54.9 Å². The van der Waals surface area contributed by atoms with Crippen LogP contribution in [0.1, 0.15) is 32.6 Å². The van der Waals surface area contributed by atoms with Crippen LogP contribution in [0.2, 0.25) is 5.15 Å². The van der Waals surface area contributed by atoms with Crippen molar-refractivity contribution in [2.24, 2.45) is 0 Å². The molecule has 0 unspecified atom stereocenters. The van der Waals surface area contributed by atoms with Crippen molar-refractivity contribution >= 4 is 23.3 Å². The van der Waals surface area contributed by atoms with Crippen LogP contribution in [0.15, 0.2) is 12.1 Å². The van der Waals surface area contributed by atoms with Crippen LogP contribution in [0.4, 0.5) is 5.82 Å². The van der Waals surface area contributed by atoms with E-state index < -0.39 is 0 Å². The number of amides is 1. The van der Waals surface area contributed by atoms with Gasteiger partial charge in [0.05, 0.1) is 0 Å². The van der Waals surface area contributed by atoms with Crippen molar-refractivity contribution in [2.75, 3.05) is 5.32 Å². The SMILES string of the molecule is CCCCCC(=O)Nc1ccc(Cl)nn1. The molecule has 1 heterocycles. The van der Waals surface area contributed by atoms with Crippen molar-refractivity contribution in [1.29, 1.82) is 0 Å². The third-order valence-electron chi connectivity index (χ3n) is 1.91. The van der Waals surface area contributed by atoms with Crippen LogP contribution in [0, 0.1) is 0 Å². The maximum Gasteiger partial charge on any atom is 0.225 e. The first-order valence-electron chi connectivity index (χ1n) is 5.01. The van der Waals surface area contributed by atoms with Crippen molar-refractivity contribution < 1.29 is 4.79 Å². The van der Waals surface area contributed by atoms with E-state index in [0.717, 1.165) is 19.3 Å². The quantitative estimate of drug-likeness (QED) is 0.787. The predicted octanol–water partition coefficient (Wildman–Crippen LogP) is 2.65. The third kappa shape index (κ3) is 4.74. The largest absolute Gasteiger partial charge is 0.309 e. The second kappa shape index (κ2) is 6.35. The number of carbonyl (C=O) groups excluding carboxylic acids is 1. The van der Waals surface area contributed by atoms with E-state index in [-0.39, 0.29) is 5.91 Å². The van der Waals surface area contributed by atoms with Gasteiger partial charge in [0.15, 0.2) is 11.0 Å². The molecule has 1 amide bonds. The number of anilines is 1. The number of aromatic nitrogens is 2. The summed E-state index contributed by atoms with van der Waals surface area (Å²) in [6.45, 7) is 2.10. The van der Waals surface area contributed by atoms with E-state index in [0.29, 0.717) is 17.4 Å². The molecule has 0 radical (unpaired) electrons. The molecule has 0 spiro atoms. The molecule has 0 saturated carbocycles. The summed E-state index contributed by atoms with van der Waals surface area (Å²) in [4.78, 5) is 11.4. The van der Waals surface area contributed by atoms with Crippen molar-refractivity contribution in [3.8, 4) is 0 Å². The average molecular weight is 228 g/mol. The van der Waals surface area contributed by atoms with E-state index in [1.807, 2.05) is 0 Å². The van der Waals surface area contributed by atoms with E-state index in [4.69, 9.17) is 11.6 Å². The molecule has 0 atom stereocenters. The first kappa shape index (κ1) is 11.9. The molecule has 15 heavy (non-hydrogen) atoms. The van der Waals surface area contributed by atoms with E-state index in [1.54, 1.807) is 12.1 Å². The number of hydrogen-bond donors (Lipinski definition) is 1. The van der Waals surface area contributed by atoms with Crippen LogP contribution in [0.25, 0.3) is 0 Å². The number of nitrogens with zero attached hydrogens (tertiary/aromatic N) is 2. The summed E-state index contributed by atoms with van der Waals surface area (Å²) in [5, 5.41) is 10.3. The third-order valence-corrected chi connectivity index (χ3v) is 2.11. The highest BCUT2D eigenvalue weighted by molar-refractivity contribution is 6.29. The number of carbonyl (C=O) groups is 1. The maximum atomic E-state index is 11.4. The molecule has 1 rings (SSSR count). The summed E-state index contributed by atoms with van der Waals surface area (Å²) in [5.41, 5.74) is 0. The van der Waals surface area contributed by atoms with Gasteiger partial charge in [-0.3, -0.25) is 4.79 Å². The molecule has 0 bridgehead atoms. The number of unbranched alkanes of at least 4 members (excludes halogenated alkanes) is 2. The van der Waals surface area contributed by atoms with Crippen LogP contribution in [0.5, 0.6) is 0 Å². The van der Waals surface area contributed by atoms with Crippen molar-refractivity contribution in [2.45, 2.75) is 32.6 Å². The molecule has 5 heteroatoms. The lowest BCUT2D eigenvalue weighted by atomic mass is 10.2. The Bertz CT molecular complexity index is 313. The molecule has 0 aliphatic rings. The highest BCUT2D eigenvalue weighted by Crippen LogP contribution is 2.07. The zero-order valence-electron chi connectivity index (χ0n) is 8.66. The molecule has 4 nitrogen and oxygen atoms in total. The van der Waals surface area contributed by atoms with Crippen LogP contribution >= 0.6 is 11.6 Å². The standard InChI is InChI=1S/C10H14ClN3O/c1-2-3-4-5-10(15)12-9-7-6-8(11)13-14-9/h6-7H,2-5H2,1H3,(H,12,14,15). The highest BCUT2D eigenvalue weighted by atomic mass is 35.5. The van der Waals surface area contributed by atoms with Crippen LogP contribution in [0.3, 0.4) is 0 Å². The number of rotatable bonds is 5. The second-order valence-corrected chi connectivity index (χ2v) is 3.63. The molecule has 0 saturated heterocycles. The molecule has 1 N–H and O–H groups in total. The van der Waals surface area contributed by atoms with Gasteiger partial charge in [-0.2, -0.15) is 0 Å². The van der Waals surface area contributed by atoms with Gasteiger partial charge in [0.1, 0.15) is 0 Å². The Morgan fingerprint density at radius 2 is 2.20 bits per heavy atom. The monoisotopic (exact) mass is 227 g/mol. The zero-order chi connectivity index (χ0) is 11.1. The van der Waals surface area contributed by atoms with Gasteiger partial charge >= 0.3 is 0 Å². The fraction of sp³-hybridized carbons (Fsp3) is 0.500. The van der Waals surface area contributed by atoms with Gasteiger partial charge < -0.3 is 5.32 Å². The Hall–Kier alpha value is -1.16. The summed E-state index contributed by atoms with van der Waals surface area (Å²) < 4.78 is 0. The van der Waals surface area contributed by atoms with Gasteiger partial charge in [0, 0.05) is 6.42 Å². The van der Waals surface area contributed by atoms with Crippen LogP contribution in [-0.2, 0) is 4.79 Å². The summed E-state index contributed by atoms with van der Waals surface area (Å²) >= 11 is 5.56. The molecular formula is C10H14ClN3O. The van der Waals surface area contributed by atoms with Gasteiger partial charge in [-0.15, -0.1) is 10.2 Å². The van der Waals surface area contributed by atoms with Crippen molar-refractivity contribution in [3.63, 3.8) is 0 Å². The zero-order valence-corrected chi connectivity index (χ0v) is 9.42. The lowest BCUT2D eigenvalue weighted by Gasteiger charge is -2.02. The number of hydrogen-bond acceptors (Lipinski definition) is 3. The Kier molecular flexibility index (Phi) is 5.04. The minimum atomic E-state index is -0.0277. The van der Waals surface area contributed by atoms with Crippen molar-refractivity contribution in [1.82, 2.24) is 10.2 Å². The highest BCUT2D eigenvalue weighted by Gasteiger charge is 2.02. The lowest BCUT2D eigenvalue weighted by Crippen LogP contribution is -2.12. The molecule has 1 aromatic rings. The Balaban J connectivity index is 2.34. The number of nitrogens with one attached hydrogen (secondary N) is 1. The normalized spacial score (nSPS) is 10.0. The summed E-state index contributed by atoms with van der Waals surface area (Å²) in [5.74, 6) is 0.418. The van der Waals surface area contributed by atoms with E-state index >= 15 is 0 Å². The Morgan fingerprint density at radius 3 is 2.80 bits per heavy atom. The van der Waals surface area contributed by atoms with E-state index in [9.17, 15) is 4.79 Å². The predicted molar refractivity (Wildman–Crippen MR) is 59.8 cm³/mol. The maximum absolute atomic E-state index is 11.4. The van der Waals surface area contributed by atoms with E-state index in [1.165, 1.54) is 0 Å².